The molecule has 5 heteroatoms. The Morgan fingerprint density at radius 1 is 1.16 bits per heavy atom. The second kappa shape index (κ2) is 6.59. The van der Waals surface area contributed by atoms with Crippen LogP contribution in [0.3, 0.4) is 0 Å². The monoisotopic (exact) mass is 335 g/mol. The number of methoxy groups -OCH3 is 1. The Bertz CT molecular complexity index is 870. The lowest BCUT2D eigenvalue weighted by Crippen LogP contribution is -2.39. The summed E-state index contributed by atoms with van der Waals surface area (Å²) >= 11 is 0. The van der Waals surface area contributed by atoms with Crippen molar-refractivity contribution in [2.24, 2.45) is 0 Å². The van der Waals surface area contributed by atoms with Gasteiger partial charge in [-0.2, -0.15) is 0 Å². The third kappa shape index (κ3) is 2.86. The zero-order valence-electron chi connectivity index (χ0n) is 14.2. The van der Waals surface area contributed by atoms with Crippen LogP contribution in [0, 0.1) is 0 Å². The number of hydrogen-bond acceptors (Lipinski definition) is 3. The number of likely N-dealkylation sites (tertiary alicyclic amines) is 1. The van der Waals surface area contributed by atoms with Gasteiger partial charge in [0.15, 0.2) is 0 Å². The zero-order chi connectivity index (χ0) is 17.2. The molecule has 5 nitrogen and oxygen atoms in total. The number of amides is 1. The van der Waals surface area contributed by atoms with Crippen molar-refractivity contribution in [3.8, 4) is 5.75 Å². The number of aromatic amines is 1. The van der Waals surface area contributed by atoms with Gasteiger partial charge in [0.2, 0.25) is 0 Å². The number of nitrogens with one attached hydrogen (secondary N) is 1. The lowest BCUT2D eigenvalue weighted by Gasteiger charge is -2.34. The number of benzene rings is 2. The minimum atomic E-state index is -0.0291. The second-order valence-corrected chi connectivity index (χ2v) is 6.35. The summed E-state index contributed by atoms with van der Waals surface area (Å²) in [6.07, 6.45) is 3.02. The van der Waals surface area contributed by atoms with Gasteiger partial charge in [0, 0.05) is 6.54 Å². The molecule has 0 radical (unpaired) electrons. The molecule has 1 atom stereocenters. The average Bonchev–Trinajstić information content (AvgIpc) is 3.11. The number of aromatic nitrogens is 2. The number of piperidine rings is 1. The molecule has 0 aliphatic carbocycles. The van der Waals surface area contributed by atoms with Gasteiger partial charge in [-0.15, -0.1) is 0 Å². The molecule has 1 aliphatic heterocycles. The van der Waals surface area contributed by atoms with E-state index in [9.17, 15) is 4.79 Å². The van der Waals surface area contributed by atoms with Crippen LogP contribution in [0.15, 0.2) is 48.5 Å². The molecular formula is C20H21N3O2. The Labute approximate surface area is 146 Å². The Hall–Kier alpha value is -2.82. The third-order valence-corrected chi connectivity index (χ3v) is 4.82. The fraction of sp³-hybridized carbons (Fsp3) is 0.300. The largest absolute Gasteiger partial charge is 0.496 e. The number of carbonyl (C=O) groups excluding carboxylic acids is 1. The van der Waals surface area contributed by atoms with Crippen LogP contribution >= 0.6 is 0 Å². The fourth-order valence-electron chi connectivity index (χ4n) is 3.57. The number of ether oxygens (including phenoxy) is 1. The maximum absolute atomic E-state index is 13.2. The van der Waals surface area contributed by atoms with Crippen molar-refractivity contribution in [3.63, 3.8) is 0 Å². The molecule has 1 N–H and O–H groups in total. The van der Waals surface area contributed by atoms with Gasteiger partial charge >= 0.3 is 0 Å². The Kier molecular flexibility index (Phi) is 4.14. The molecule has 128 valence electrons. The topological polar surface area (TPSA) is 58.2 Å². The number of para-hydroxylation sites is 3. The predicted octanol–water partition coefficient (Wildman–Crippen LogP) is 3.94. The van der Waals surface area contributed by atoms with Crippen LogP contribution in [0.5, 0.6) is 5.75 Å². The van der Waals surface area contributed by atoms with Gasteiger partial charge in [0.1, 0.15) is 11.6 Å². The van der Waals surface area contributed by atoms with Crippen molar-refractivity contribution in [2.75, 3.05) is 13.7 Å². The van der Waals surface area contributed by atoms with Crippen molar-refractivity contribution >= 4 is 16.9 Å². The molecule has 1 saturated heterocycles. The summed E-state index contributed by atoms with van der Waals surface area (Å²) in [7, 11) is 1.60. The molecule has 2 aromatic carbocycles. The molecule has 1 aliphatic rings. The van der Waals surface area contributed by atoms with Crippen LogP contribution in [0.25, 0.3) is 11.0 Å². The molecule has 2 heterocycles. The first-order chi connectivity index (χ1) is 12.3. The van der Waals surface area contributed by atoms with E-state index < -0.39 is 0 Å². The van der Waals surface area contributed by atoms with Crippen LogP contribution in [0.4, 0.5) is 0 Å². The first-order valence-electron chi connectivity index (χ1n) is 8.66. The van der Waals surface area contributed by atoms with E-state index in [-0.39, 0.29) is 11.9 Å². The summed E-state index contributed by atoms with van der Waals surface area (Å²) in [6.45, 7) is 0.735. The highest BCUT2D eigenvalue weighted by molar-refractivity contribution is 5.97. The molecular weight excluding hydrogens is 314 g/mol. The molecule has 25 heavy (non-hydrogen) atoms. The standard InChI is InChI=1S/C20H21N3O2/c1-25-18-12-5-2-8-14(18)20(24)23-13-7-6-11-17(23)19-21-15-9-3-4-10-16(15)22-19/h2-5,8-10,12,17H,6-7,11,13H2,1H3,(H,21,22)/t17-/m1/s1. The van der Waals surface area contributed by atoms with Gasteiger partial charge in [-0.05, 0) is 43.5 Å². The van der Waals surface area contributed by atoms with E-state index in [0.29, 0.717) is 11.3 Å². The zero-order valence-corrected chi connectivity index (χ0v) is 14.2. The third-order valence-electron chi connectivity index (χ3n) is 4.82. The maximum atomic E-state index is 13.2. The Morgan fingerprint density at radius 2 is 1.96 bits per heavy atom. The molecule has 1 amide bonds. The number of hydrogen-bond donors (Lipinski definition) is 1. The predicted molar refractivity (Wildman–Crippen MR) is 96.7 cm³/mol. The number of H-pyrrole nitrogens is 1. The maximum Gasteiger partial charge on any atom is 0.258 e. The quantitative estimate of drug-likeness (QED) is 0.789. The van der Waals surface area contributed by atoms with Crippen molar-refractivity contribution in [3.05, 3.63) is 59.9 Å². The summed E-state index contributed by atoms with van der Waals surface area (Å²) in [5, 5.41) is 0. The normalized spacial score (nSPS) is 17.6. The molecule has 4 rings (SSSR count). The van der Waals surface area contributed by atoms with Gasteiger partial charge in [0.05, 0.1) is 29.7 Å². The smallest absolute Gasteiger partial charge is 0.258 e. The number of carbonyl (C=O) groups is 1. The summed E-state index contributed by atoms with van der Waals surface area (Å²) in [4.78, 5) is 23.2. The summed E-state index contributed by atoms with van der Waals surface area (Å²) < 4.78 is 5.38. The van der Waals surface area contributed by atoms with E-state index in [1.165, 1.54) is 0 Å². The Morgan fingerprint density at radius 3 is 2.80 bits per heavy atom. The van der Waals surface area contributed by atoms with Crippen LogP contribution < -0.4 is 4.74 Å². The molecule has 1 fully saturated rings. The molecule has 0 saturated carbocycles. The van der Waals surface area contributed by atoms with E-state index in [0.717, 1.165) is 42.7 Å². The van der Waals surface area contributed by atoms with Gasteiger partial charge < -0.3 is 14.6 Å². The van der Waals surface area contributed by atoms with E-state index in [1.807, 2.05) is 53.4 Å². The molecule has 0 spiro atoms. The molecule has 0 unspecified atom stereocenters. The second-order valence-electron chi connectivity index (χ2n) is 6.35. The van der Waals surface area contributed by atoms with E-state index in [2.05, 4.69) is 4.98 Å². The van der Waals surface area contributed by atoms with Crippen molar-refractivity contribution in [1.82, 2.24) is 14.9 Å². The number of fused-ring (bicyclic) bond motifs is 1. The van der Waals surface area contributed by atoms with Crippen molar-refractivity contribution in [1.29, 1.82) is 0 Å². The van der Waals surface area contributed by atoms with Gasteiger partial charge in [-0.3, -0.25) is 4.79 Å². The average molecular weight is 335 g/mol. The van der Waals surface area contributed by atoms with E-state index in [1.54, 1.807) is 7.11 Å². The highest BCUT2D eigenvalue weighted by Crippen LogP contribution is 2.33. The van der Waals surface area contributed by atoms with Gasteiger partial charge in [0.25, 0.3) is 5.91 Å². The summed E-state index contributed by atoms with van der Waals surface area (Å²) in [6, 6.07) is 15.3. The lowest BCUT2D eigenvalue weighted by atomic mass is 10.00. The first kappa shape index (κ1) is 15.7. The van der Waals surface area contributed by atoms with Crippen LogP contribution in [-0.2, 0) is 0 Å². The Balaban J connectivity index is 1.70. The van der Waals surface area contributed by atoms with Crippen LogP contribution in [0.1, 0.15) is 41.5 Å². The number of nitrogens with zero attached hydrogens (tertiary/aromatic N) is 2. The summed E-state index contributed by atoms with van der Waals surface area (Å²) in [5.41, 5.74) is 2.55. The SMILES string of the molecule is COc1ccccc1C(=O)N1CCCC[C@@H]1c1nc2ccccc2[nH]1. The highest BCUT2D eigenvalue weighted by atomic mass is 16.5. The molecule has 0 bridgehead atoms. The van der Waals surface area contributed by atoms with Crippen molar-refractivity contribution < 1.29 is 9.53 Å². The lowest BCUT2D eigenvalue weighted by molar-refractivity contribution is 0.0598. The fourth-order valence-corrected chi connectivity index (χ4v) is 3.57. The van der Waals surface area contributed by atoms with Crippen LogP contribution in [-0.4, -0.2) is 34.4 Å². The first-order valence-corrected chi connectivity index (χ1v) is 8.66. The van der Waals surface area contributed by atoms with E-state index in [4.69, 9.17) is 9.72 Å². The highest BCUT2D eigenvalue weighted by Gasteiger charge is 2.31. The summed E-state index contributed by atoms with van der Waals surface area (Å²) in [5.74, 6) is 1.48. The van der Waals surface area contributed by atoms with Gasteiger partial charge in [-0.1, -0.05) is 24.3 Å². The number of rotatable bonds is 3. The minimum absolute atomic E-state index is 0.00241. The minimum Gasteiger partial charge on any atom is -0.496 e. The van der Waals surface area contributed by atoms with Gasteiger partial charge in [-0.25, -0.2) is 4.98 Å². The number of imidazole rings is 1. The van der Waals surface area contributed by atoms with E-state index >= 15 is 0 Å². The van der Waals surface area contributed by atoms with Crippen LogP contribution in [0.2, 0.25) is 0 Å². The molecule has 3 aromatic rings. The molecule has 1 aromatic heterocycles. The van der Waals surface area contributed by atoms with Crippen molar-refractivity contribution in [2.45, 2.75) is 25.3 Å².